The summed E-state index contributed by atoms with van der Waals surface area (Å²) in [7, 11) is 0. The summed E-state index contributed by atoms with van der Waals surface area (Å²) in [5.74, 6) is 0. The fraction of sp³-hybridized carbons (Fsp3) is 0.105. The molecular formula is C38H32N2. The lowest BCUT2D eigenvalue weighted by Crippen LogP contribution is -2.10. The number of fused-ring (bicyclic) bond motifs is 4. The summed E-state index contributed by atoms with van der Waals surface area (Å²) in [4.78, 5) is 0. The molecule has 1 aromatic heterocycles. The molecule has 2 nitrogen and oxygen atoms in total. The minimum atomic E-state index is 0.0814. The topological polar surface area (TPSA) is 17.0 Å². The Morgan fingerprint density at radius 1 is 0.500 bits per heavy atom. The van der Waals surface area contributed by atoms with Gasteiger partial charge in [0.15, 0.2) is 0 Å². The molecular weight excluding hydrogens is 484 g/mol. The molecule has 0 aliphatic rings. The van der Waals surface area contributed by atoms with Crippen molar-refractivity contribution in [2.75, 3.05) is 5.32 Å². The van der Waals surface area contributed by atoms with Gasteiger partial charge in [0.05, 0.1) is 11.0 Å². The van der Waals surface area contributed by atoms with E-state index in [1.54, 1.807) is 0 Å². The molecule has 40 heavy (non-hydrogen) atoms. The first-order chi connectivity index (χ1) is 19.4. The van der Waals surface area contributed by atoms with Gasteiger partial charge < -0.3 is 9.88 Å². The third-order valence-corrected chi connectivity index (χ3v) is 7.90. The van der Waals surface area contributed by atoms with Crippen LogP contribution in [0.25, 0.3) is 49.4 Å². The molecule has 0 radical (unpaired) electrons. The average Bonchev–Trinajstić information content (AvgIpc) is 3.30. The Morgan fingerprint density at radius 2 is 1.12 bits per heavy atom. The Morgan fingerprint density at radius 3 is 1.88 bits per heavy atom. The quantitative estimate of drug-likeness (QED) is 0.246. The Balaban J connectivity index is 1.27. The number of nitrogens with zero attached hydrogens (tertiary/aromatic N) is 1. The molecule has 7 aromatic rings. The molecule has 1 heterocycles. The molecule has 0 amide bonds. The lowest BCUT2D eigenvalue weighted by molar-refractivity contribution is 0.591. The summed E-state index contributed by atoms with van der Waals surface area (Å²) < 4.78 is 2.37. The predicted molar refractivity (Wildman–Crippen MR) is 172 cm³/mol. The van der Waals surface area contributed by atoms with Crippen LogP contribution in [-0.4, -0.2) is 4.57 Å². The second kappa shape index (κ2) is 9.43. The number of benzene rings is 6. The lowest BCUT2D eigenvalue weighted by atomic mass is 9.86. The number of para-hydroxylation sites is 1. The summed E-state index contributed by atoms with van der Waals surface area (Å²) >= 11 is 0. The van der Waals surface area contributed by atoms with Crippen LogP contribution in [0.5, 0.6) is 0 Å². The van der Waals surface area contributed by atoms with Crippen LogP contribution in [0, 0.1) is 0 Å². The van der Waals surface area contributed by atoms with Crippen molar-refractivity contribution >= 4 is 44.0 Å². The van der Waals surface area contributed by atoms with Crippen LogP contribution in [0.15, 0.2) is 133 Å². The summed E-state index contributed by atoms with van der Waals surface area (Å²) in [6.07, 6.45) is 0. The van der Waals surface area contributed by atoms with E-state index in [2.05, 4.69) is 164 Å². The standard InChI is InChI=1S/C38H32N2/c1-38(2,3)30-17-21-36-34(24-30)35-25-32(20-22-37(35)40(36)33-11-5-4-6-12-33)39-31-18-15-27(16-19-31)29-14-13-26-9-7-8-10-28(26)23-29/h4-25,39H,1-3H3. The minimum Gasteiger partial charge on any atom is -0.356 e. The normalized spacial score (nSPS) is 11.9. The molecule has 2 heteroatoms. The molecule has 0 fully saturated rings. The van der Waals surface area contributed by atoms with Crippen molar-refractivity contribution in [3.63, 3.8) is 0 Å². The number of hydrogen-bond donors (Lipinski definition) is 1. The Hall–Kier alpha value is -4.82. The Labute approximate surface area is 235 Å². The van der Waals surface area contributed by atoms with Crippen LogP contribution in [0.2, 0.25) is 0 Å². The van der Waals surface area contributed by atoms with Gasteiger partial charge in [0, 0.05) is 27.8 Å². The van der Waals surface area contributed by atoms with Gasteiger partial charge in [0.25, 0.3) is 0 Å². The molecule has 0 saturated carbocycles. The van der Waals surface area contributed by atoms with Gasteiger partial charge >= 0.3 is 0 Å². The van der Waals surface area contributed by atoms with Gasteiger partial charge in [-0.05, 0) is 93.5 Å². The van der Waals surface area contributed by atoms with E-state index in [0.717, 1.165) is 11.4 Å². The van der Waals surface area contributed by atoms with Crippen LogP contribution in [-0.2, 0) is 5.41 Å². The molecule has 0 atom stereocenters. The van der Waals surface area contributed by atoms with Gasteiger partial charge in [-0.1, -0.05) is 93.6 Å². The highest BCUT2D eigenvalue weighted by molar-refractivity contribution is 6.10. The number of aromatic nitrogens is 1. The highest BCUT2D eigenvalue weighted by Gasteiger charge is 2.18. The first-order valence-corrected chi connectivity index (χ1v) is 13.9. The van der Waals surface area contributed by atoms with Gasteiger partial charge in [-0.3, -0.25) is 0 Å². The molecule has 0 bridgehead atoms. The molecule has 6 aromatic carbocycles. The van der Waals surface area contributed by atoms with Gasteiger partial charge in [0.1, 0.15) is 0 Å². The van der Waals surface area contributed by atoms with Crippen LogP contribution in [0.1, 0.15) is 26.3 Å². The molecule has 0 unspecified atom stereocenters. The summed E-state index contributed by atoms with van der Waals surface area (Å²) in [5, 5.41) is 8.72. The van der Waals surface area contributed by atoms with E-state index >= 15 is 0 Å². The van der Waals surface area contributed by atoms with E-state index in [0.29, 0.717) is 0 Å². The summed E-state index contributed by atoms with van der Waals surface area (Å²) in [5.41, 5.74) is 9.65. The Kier molecular flexibility index (Phi) is 5.71. The van der Waals surface area contributed by atoms with Crippen LogP contribution in [0.3, 0.4) is 0 Å². The molecule has 194 valence electrons. The van der Waals surface area contributed by atoms with Crippen LogP contribution < -0.4 is 5.32 Å². The second-order valence-corrected chi connectivity index (χ2v) is 11.6. The van der Waals surface area contributed by atoms with E-state index < -0.39 is 0 Å². The highest BCUT2D eigenvalue weighted by Crippen LogP contribution is 2.37. The zero-order valence-electron chi connectivity index (χ0n) is 23.1. The fourth-order valence-corrected chi connectivity index (χ4v) is 5.70. The van der Waals surface area contributed by atoms with Crippen LogP contribution in [0.4, 0.5) is 11.4 Å². The fourth-order valence-electron chi connectivity index (χ4n) is 5.70. The second-order valence-electron chi connectivity index (χ2n) is 11.6. The van der Waals surface area contributed by atoms with Crippen molar-refractivity contribution in [3.8, 4) is 16.8 Å². The Bertz CT molecular complexity index is 1990. The maximum Gasteiger partial charge on any atom is 0.0542 e. The zero-order chi connectivity index (χ0) is 27.3. The van der Waals surface area contributed by atoms with Gasteiger partial charge in [-0.25, -0.2) is 0 Å². The summed E-state index contributed by atoms with van der Waals surface area (Å²) in [6, 6.07) is 48.2. The minimum absolute atomic E-state index is 0.0814. The number of anilines is 2. The molecule has 1 N–H and O–H groups in total. The molecule has 0 saturated heterocycles. The van der Waals surface area contributed by atoms with Crippen molar-refractivity contribution in [2.24, 2.45) is 0 Å². The largest absolute Gasteiger partial charge is 0.356 e. The smallest absolute Gasteiger partial charge is 0.0542 e. The number of nitrogens with one attached hydrogen (secondary N) is 1. The molecule has 0 aliphatic carbocycles. The van der Waals surface area contributed by atoms with Crippen molar-refractivity contribution in [2.45, 2.75) is 26.2 Å². The van der Waals surface area contributed by atoms with E-state index in [4.69, 9.17) is 0 Å². The zero-order valence-corrected chi connectivity index (χ0v) is 23.1. The van der Waals surface area contributed by atoms with Crippen molar-refractivity contribution in [1.29, 1.82) is 0 Å². The van der Waals surface area contributed by atoms with E-state index in [1.165, 1.54) is 55.0 Å². The third-order valence-electron chi connectivity index (χ3n) is 7.90. The van der Waals surface area contributed by atoms with E-state index in [1.807, 2.05) is 0 Å². The molecule has 0 spiro atoms. The highest BCUT2D eigenvalue weighted by atomic mass is 15.0. The summed E-state index contributed by atoms with van der Waals surface area (Å²) in [6.45, 7) is 6.83. The van der Waals surface area contributed by atoms with E-state index in [9.17, 15) is 0 Å². The predicted octanol–water partition coefficient (Wildman–Crippen LogP) is 10.6. The maximum atomic E-state index is 3.65. The average molecular weight is 517 g/mol. The molecule has 0 aliphatic heterocycles. The third kappa shape index (κ3) is 4.32. The van der Waals surface area contributed by atoms with E-state index in [-0.39, 0.29) is 5.41 Å². The maximum absolute atomic E-state index is 3.65. The van der Waals surface area contributed by atoms with Crippen molar-refractivity contribution in [1.82, 2.24) is 4.57 Å². The van der Waals surface area contributed by atoms with Crippen LogP contribution >= 0.6 is 0 Å². The number of rotatable bonds is 4. The first kappa shape index (κ1) is 24.2. The van der Waals surface area contributed by atoms with Crippen molar-refractivity contribution < 1.29 is 0 Å². The van der Waals surface area contributed by atoms with Gasteiger partial charge in [0.2, 0.25) is 0 Å². The lowest BCUT2D eigenvalue weighted by Gasteiger charge is -2.19. The van der Waals surface area contributed by atoms with Crippen molar-refractivity contribution in [3.05, 3.63) is 139 Å². The SMILES string of the molecule is CC(C)(C)c1ccc2c(c1)c1cc(Nc3ccc(-c4ccc5ccccc5c4)cc3)ccc1n2-c1ccccc1. The molecule has 7 rings (SSSR count). The number of hydrogen-bond acceptors (Lipinski definition) is 1. The monoisotopic (exact) mass is 516 g/mol. The van der Waals surface area contributed by atoms with Gasteiger partial charge in [-0.15, -0.1) is 0 Å². The van der Waals surface area contributed by atoms with Gasteiger partial charge in [-0.2, -0.15) is 0 Å². The first-order valence-electron chi connectivity index (χ1n) is 13.9.